The molecule has 0 bridgehead atoms. The molecule has 2 aromatic carbocycles. The summed E-state index contributed by atoms with van der Waals surface area (Å²) in [5.41, 5.74) is 3.28. The van der Waals surface area contributed by atoms with Crippen LogP contribution in [0.25, 0.3) is 0 Å². The fourth-order valence-electron chi connectivity index (χ4n) is 4.21. The van der Waals surface area contributed by atoms with E-state index in [1.807, 2.05) is 24.3 Å². The molecule has 1 saturated heterocycles. The van der Waals surface area contributed by atoms with E-state index in [0.717, 1.165) is 49.7 Å². The lowest BCUT2D eigenvalue weighted by atomic mass is 10.0. The average Bonchev–Trinajstić information content (AvgIpc) is 2.77. The molecule has 0 N–H and O–H groups in total. The lowest BCUT2D eigenvalue weighted by Gasteiger charge is -2.37. The van der Waals surface area contributed by atoms with E-state index in [9.17, 15) is 4.79 Å². The Kier molecular flexibility index (Phi) is 7.88. The zero-order chi connectivity index (χ0) is 21.5. The van der Waals surface area contributed by atoms with Crippen molar-refractivity contribution in [1.29, 1.82) is 0 Å². The number of hydrogen-bond acceptors (Lipinski definition) is 5. The highest BCUT2D eigenvalue weighted by molar-refractivity contribution is 5.94. The molecule has 0 amide bonds. The number of Topliss-reactive ketones (excluding diaryl/α,β-unsaturated/α-hetero) is 1. The highest BCUT2D eigenvalue weighted by Crippen LogP contribution is 2.28. The molecule has 0 saturated carbocycles. The van der Waals surface area contributed by atoms with Crippen molar-refractivity contribution in [1.82, 2.24) is 9.80 Å². The van der Waals surface area contributed by atoms with Gasteiger partial charge in [-0.3, -0.25) is 9.69 Å². The average molecular weight is 411 g/mol. The number of hydrogen-bond donors (Lipinski definition) is 0. The first-order valence-electron chi connectivity index (χ1n) is 10.7. The normalized spacial score (nSPS) is 17.2. The summed E-state index contributed by atoms with van der Waals surface area (Å²) in [6.45, 7) is 5.72. The van der Waals surface area contributed by atoms with Crippen molar-refractivity contribution in [3.05, 3.63) is 59.2 Å². The summed E-state index contributed by atoms with van der Waals surface area (Å²) in [5, 5.41) is 0. The summed E-state index contributed by atoms with van der Waals surface area (Å²) in [4.78, 5) is 16.7. The summed E-state index contributed by atoms with van der Waals surface area (Å²) in [6.07, 6.45) is 3.41. The number of benzene rings is 2. The van der Waals surface area contributed by atoms with Crippen LogP contribution in [0.4, 0.5) is 0 Å². The number of nitrogens with zero attached hydrogens (tertiary/aromatic N) is 2. The number of ketones is 1. The van der Waals surface area contributed by atoms with E-state index in [1.54, 1.807) is 21.1 Å². The van der Waals surface area contributed by atoms with Crippen molar-refractivity contribution in [2.24, 2.45) is 0 Å². The van der Waals surface area contributed by atoms with Gasteiger partial charge >= 0.3 is 0 Å². The van der Waals surface area contributed by atoms with E-state index in [4.69, 9.17) is 9.47 Å². The minimum absolute atomic E-state index is 0.128. The van der Waals surface area contributed by atoms with Gasteiger partial charge in [-0.1, -0.05) is 24.3 Å². The highest BCUT2D eigenvalue weighted by Gasteiger charge is 2.23. The maximum Gasteiger partial charge on any atom is 0.160 e. The van der Waals surface area contributed by atoms with Crippen LogP contribution in [0, 0.1) is 0 Å². The fourth-order valence-corrected chi connectivity index (χ4v) is 4.21. The first-order chi connectivity index (χ1) is 14.5. The third kappa shape index (κ3) is 5.83. The van der Waals surface area contributed by atoms with Gasteiger partial charge in [-0.05, 0) is 69.1 Å². The summed E-state index contributed by atoms with van der Waals surface area (Å²) in [6, 6.07) is 14.8. The summed E-state index contributed by atoms with van der Waals surface area (Å²) >= 11 is 0. The van der Waals surface area contributed by atoms with E-state index < -0.39 is 0 Å². The molecule has 0 radical (unpaired) electrons. The third-order valence-corrected chi connectivity index (χ3v) is 6.04. The smallest absolute Gasteiger partial charge is 0.160 e. The number of methoxy groups -OCH3 is 2. The molecular formula is C25H34N2O3. The van der Waals surface area contributed by atoms with E-state index in [-0.39, 0.29) is 5.78 Å². The van der Waals surface area contributed by atoms with E-state index in [2.05, 4.69) is 35.0 Å². The second kappa shape index (κ2) is 10.6. The molecule has 0 aliphatic carbocycles. The molecule has 5 nitrogen and oxygen atoms in total. The zero-order valence-corrected chi connectivity index (χ0v) is 18.7. The SMILES string of the molecule is COc1ccc(CCN(C)C2CCCN(Cc3cccc(C(C)=O)c3)C2)cc1OC. The van der Waals surface area contributed by atoms with E-state index in [0.29, 0.717) is 6.04 Å². The Labute approximate surface area is 180 Å². The van der Waals surface area contributed by atoms with Crippen molar-refractivity contribution in [3.63, 3.8) is 0 Å². The molecule has 1 fully saturated rings. The predicted molar refractivity (Wildman–Crippen MR) is 121 cm³/mol. The molecule has 0 aromatic heterocycles. The Morgan fingerprint density at radius 1 is 1.10 bits per heavy atom. The van der Waals surface area contributed by atoms with Crippen molar-refractivity contribution in [3.8, 4) is 11.5 Å². The van der Waals surface area contributed by atoms with Gasteiger partial charge in [0.2, 0.25) is 0 Å². The van der Waals surface area contributed by atoms with Gasteiger partial charge in [-0.15, -0.1) is 0 Å². The monoisotopic (exact) mass is 410 g/mol. The highest BCUT2D eigenvalue weighted by atomic mass is 16.5. The quantitative estimate of drug-likeness (QED) is 0.584. The van der Waals surface area contributed by atoms with Crippen molar-refractivity contribution < 1.29 is 14.3 Å². The zero-order valence-electron chi connectivity index (χ0n) is 18.7. The van der Waals surface area contributed by atoms with Gasteiger partial charge < -0.3 is 14.4 Å². The number of ether oxygens (including phenoxy) is 2. The Morgan fingerprint density at radius 2 is 1.90 bits per heavy atom. The maximum absolute atomic E-state index is 11.7. The van der Waals surface area contributed by atoms with Gasteiger partial charge in [0.15, 0.2) is 17.3 Å². The van der Waals surface area contributed by atoms with Gasteiger partial charge in [0.05, 0.1) is 14.2 Å². The lowest BCUT2D eigenvalue weighted by molar-refractivity contribution is 0.101. The van der Waals surface area contributed by atoms with Crippen LogP contribution in [0.1, 0.15) is 41.3 Å². The van der Waals surface area contributed by atoms with Crippen LogP contribution in [-0.4, -0.2) is 62.5 Å². The van der Waals surface area contributed by atoms with Gasteiger partial charge in [0, 0.05) is 31.2 Å². The number of carbonyl (C=O) groups is 1. The summed E-state index contributed by atoms with van der Waals surface area (Å²) < 4.78 is 10.8. The number of likely N-dealkylation sites (N-methyl/N-ethyl adjacent to an activating group) is 1. The van der Waals surface area contributed by atoms with Crippen LogP contribution in [-0.2, 0) is 13.0 Å². The molecule has 1 aliphatic heterocycles. The Balaban J connectivity index is 1.54. The largest absolute Gasteiger partial charge is 0.493 e. The minimum atomic E-state index is 0.128. The molecule has 162 valence electrons. The van der Waals surface area contributed by atoms with E-state index >= 15 is 0 Å². The van der Waals surface area contributed by atoms with Crippen LogP contribution in [0.5, 0.6) is 11.5 Å². The molecular weight excluding hydrogens is 376 g/mol. The van der Waals surface area contributed by atoms with E-state index in [1.165, 1.54) is 24.0 Å². The molecule has 1 heterocycles. The summed E-state index contributed by atoms with van der Waals surface area (Å²) in [7, 11) is 5.57. The molecule has 0 spiro atoms. The molecule has 2 aromatic rings. The number of carbonyl (C=O) groups excluding carboxylic acids is 1. The third-order valence-electron chi connectivity index (χ3n) is 6.04. The standard InChI is InChI=1S/C25H34N2O3/c1-19(28)22-8-5-7-21(15-22)17-27-13-6-9-23(18-27)26(2)14-12-20-10-11-24(29-3)25(16-20)30-4/h5,7-8,10-11,15-16,23H,6,9,12-14,17-18H2,1-4H3. The molecule has 3 rings (SSSR count). The fraction of sp³-hybridized carbons (Fsp3) is 0.480. The van der Waals surface area contributed by atoms with Crippen LogP contribution in [0.15, 0.2) is 42.5 Å². The minimum Gasteiger partial charge on any atom is -0.493 e. The van der Waals surface area contributed by atoms with Crippen molar-refractivity contribution >= 4 is 5.78 Å². The number of piperidine rings is 1. The maximum atomic E-state index is 11.7. The number of rotatable bonds is 9. The van der Waals surface area contributed by atoms with Crippen LogP contribution in [0.3, 0.4) is 0 Å². The van der Waals surface area contributed by atoms with Gasteiger partial charge in [-0.25, -0.2) is 0 Å². The second-order valence-corrected chi connectivity index (χ2v) is 8.21. The first-order valence-corrected chi connectivity index (χ1v) is 10.7. The molecule has 1 unspecified atom stereocenters. The van der Waals surface area contributed by atoms with Gasteiger partial charge in [0.1, 0.15) is 0 Å². The van der Waals surface area contributed by atoms with Crippen LogP contribution in [0.2, 0.25) is 0 Å². The second-order valence-electron chi connectivity index (χ2n) is 8.21. The lowest BCUT2D eigenvalue weighted by Crippen LogP contribution is -2.46. The first kappa shape index (κ1) is 22.3. The molecule has 1 atom stereocenters. The Morgan fingerprint density at radius 3 is 2.63 bits per heavy atom. The molecule has 5 heteroatoms. The Bertz CT molecular complexity index is 852. The topological polar surface area (TPSA) is 42.0 Å². The van der Waals surface area contributed by atoms with Gasteiger partial charge in [0.25, 0.3) is 0 Å². The molecule has 30 heavy (non-hydrogen) atoms. The predicted octanol–water partition coefficient (Wildman–Crippen LogP) is 4.05. The molecule has 1 aliphatic rings. The summed E-state index contributed by atoms with van der Waals surface area (Å²) in [5.74, 6) is 1.68. The van der Waals surface area contributed by atoms with Crippen LogP contribution >= 0.6 is 0 Å². The van der Waals surface area contributed by atoms with Crippen LogP contribution < -0.4 is 9.47 Å². The van der Waals surface area contributed by atoms with Crippen molar-refractivity contribution in [2.45, 2.75) is 38.8 Å². The van der Waals surface area contributed by atoms with Crippen molar-refractivity contribution in [2.75, 3.05) is 40.9 Å². The Hall–Kier alpha value is -2.37. The van der Waals surface area contributed by atoms with Gasteiger partial charge in [-0.2, -0.15) is 0 Å². The number of likely N-dealkylation sites (tertiary alicyclic amines) is 1.